The first-order valence-corrected chi connectivity index (χ1v) is 7.28. The predicted octanol–water partition coefficient (Wildman–Crippen LogP) is 1.94. The van der Waals surface area contributed by atoms with Gasteiger partial charge in [-0.25, -0.2) is 0 Å². The molecule has 0 radical (unpaired) electrons. The van der Waals surface area contributed by atoms with Gasteiger partial charge in [-0.2, -0.15) is 0 Å². The monoisotopic (exact) mass is 285 g/mol. The Morgan fingerprint density at radius 1 is 1.33 bits per heavy atom. The Labute approximate surface area is 123 Å². The average Bonchev–Trinajstić information content (AvgIpc) is 2.54. The number of nitrogens with one attached hydrogen (secondary N) is 2. The van der Waals surface area contributed by atoms with Crippen molar-refractivity contribution in [3.8, 4) is 0 Å². The number of piperidine rings is 1. The molecular weight excluding hydrogens is 266 g/mol. The number of hydrogen-bond acceptors (Lipinski definition) is 4. The molecule has 2 N–H and O–H groups in total. The quantitative estimate of drug-likeness (QED) is 0.901. The minimum atomic E-state index is -0.134. The number of pyridine rings is 1. The first kappa shape index (κ1) is 14.0. The molecule has 1 aliphatic rings. The molecule has 3 rings (SSSR count). The fourth-order valence-electron chi connectivity index (χ4n) is 2.49. The van der Waals surface area contributed by atoms with E-state index in [1.54, 1.807) is 6.20 Å². The molecule has 1 aromatic carbocycles. The number of para-hydroxylation sites is 1. The van der Waals surface area contributed by atoms with Gasteiger partial charge >= 0.3 is 0 Å². The highest BCUT2D eigenvalue weighted by Crippen LogP contribution is 2.16. The maximum Gasteiger partial charge on any atom is 0.250 e. The molecule has 5 heteroatoms. The van der Waals surface area contributed by atoms with Gasteiger partial charge < -0.3 is 15.4 Å². The summed E-state index contributed by atoms with van der Waals surface area (Å²) in [7, 11) is 0. The zero-order valence-corrected chi connectivity index (χ0v) is 11.8. The summed E-state index contributed by atoms with van der Waals surface area (Å²) >= 11 is 0. The van der Waals surface area contributed by atoms with E-state index in [4.69, 9.17) is 4.74 Å². The van der Waals surface area contributed by atoms with Crippen LogP contribution in [-0.2, 0) is 9.53 Å². The Bertz CT molecular complexity index is 624. The van der Waals surface area contributed by atoms with E-state index >= 15 is 0 Å². The van der Waals surface area contributed by atoms with Crippen LogP contribution in [0, 0.1) is 0 Å². The van der Waals surface area contributed by atoms with Gasteiger partial charge in [0.05, 0.1) is 23.5 Å². The number of nitrogens with zero attached hydrogens (tertiary/aromatic N) is 1. The smallest absolute Gasteiger partial charge is 0.250 e. The number of carbonyl (C=O) groups excluding carboxylic acids is 1. The number of aromatic nitrogens is 1. The minimum Gasteiger partial charge on any atom is -0.368 e. The summed E-state index contributed by atoms with van der Waals surface area (Å²) in [6, 6.07) is 9.74. The molecule has 2 heterocycles. The first-order chi connectivity index (χ1) is 10.3. The van der Waals surface area contributed by atoms with Crippen LogP contribution in [0.15, 0.2) is 36.5 Å². The number of anilines is 1. The third-order valence-corrected chi connectivity index (χ3v) is 3.61. The third-order valence-electron chi connectivity index (χ3n) is 3.61. The van der Waals surface area contributed by atoms with Gasteiger partial charge in [0.15, 0.2) is 0 Å². The van der Waals surface area contributed by atoms with Crippen LogP contribution in [-0.4, -0.2) is 36.7 Å². The first-order valence-electron chi connectivity index (χ1n) is 7.28. The molecule has 0 unspecified atom stereocenters. The van der Waals surface area contributed by atoms with E-state index in [0.717, 1.165) is 36.8 Å². The highest BCUT2D eigenvalue weighted by atomic mass is 16.5. The maximum atomic E-state index is 11.9. The lowest BCUT2D eigenvalue weighted by molar-refractivity contribution is -0.123. The molecule has 21 heavy (non-hydrogen) atoms. The Morgan fingerprint density at radius 2 is 2.14 bits per heavy atom. The summed E-state index contributed by atoms with van der Waals surface area (Å²) in [5.74, 6) is -0.134. The van der Waals surface area contributed by atoms with Crippen LogP contribution in [0.4, 0.5) is 5.69 Å². The maximum absolute atomic E-state index is 11.9. The van der Waals surface area contributed by atoms with Crippen molar-refractivity contribution in [3.05, 3.63) is 36.5 Å². The van der Waals surface area contributed by atoms with Gasteiger partial charge in [-0.3, -0.25) is 9.78 Å². The van der Waals surface area contributed by atoms with Crippen molar-refractivity contribution in [2.75, 3.05) is 25.0 Å². The molecule has 1 aliphatic heterocycles. The minimum absolute atomic E-state index is 0.0947. The predicted molar refractivity (Wildman–Crippen MR) is 82.2 cm³/mol. The number of hydrogen-bond donors (Lipinski definition) is 2. The molecule has 2 aromatic rings. The highest BCUT2D eigenvalue weighted by Gasteiger charge is 2.14. The second-order valence-electron chi connectivity index (χ2n) is 5.23. The number of carbonyl (C=O) groups is 1. The van der Waals surface area contributed by atoms with Gasteiger partial charge in [0.25, 0.3) is 0 Å². The number of benzene rings is 1. The van der Waals surface area contributed by atoms with Crippen molar-refractivity contribution < 1.29 is 9.53 Å². The highest BCUT2D eigenvalue weighted by molar-refractivity contribution is 5.93. The van der Waals surface area contributed by atoms with Gasteiger partial charge in [0.2, 0.25) is 5.91 Å². The van der Waals surface area contributed by atoms with Crippen molar-refractivity contribution in [3.63, 3.8) is 0 Å². The standard InChI is InChI=1S/C16H19N3O2/c20-16(11-21-14-5-7-17-8-6-14)19-13-9-12-3-1-2-4-15(12)18-10-13/h1-4,9-10,14,17H,5-8,11H2,(H,19,20). The van der Waals surface area contributed by atoms with E-state index < -0.39 is 0 Å². The van der Waals surface area contributed by atoms with Crippen LogP contribution >= 0.6 is 0 Å². The largest absolute Gasteiger partial charge is 0.368 e. The van der Waals surface area contributed by atoms with Crippen molar-refractivity contribution in [1.29, 1.82) is 0 Å². The Kier molecular flexibility index (Phi) is 4.43. The number of amides is 1. The normalized spacial score (nSPS) is 16.0. The van der Waals surface area contributed by atoms with E-state index in [1.165, 1.54) is 0 Å². The van der Waals surface area contributed by atoms with Gasteiger partial charge in [-0.1, -0.05) is 18.2 Å². The fourth-order valence-corrected chi connectivity index (χ4v) is 2.49. The summed E-state index contributed by atoms with van der Waals surface area (Å²) in [6.07, 6.45) is 3.78. The Hall–Kier alpha value is -1.98. The molecule has 1 fully saturated rings. The van der Waals surface area contributed by atoms with Gasteiger partial charge in [0.1, 0.15) is 6.61 Å². The molecule has 1 aromatic heterocycles. The van der Waals surface area contributed by atoms with Gasteiger partial charge in [-0.15, -0.1) is 0 Å². The van der Waals surface area contributed by atoms with Crippen molar-refractivity contribution >= 4 is 22.5 Å². The van der Waals surface area contributed by atoms with E-state index in [0.29, 0.717) is 5.69 Å². The summed E-state index contributed by atoms with van der Waals surface area (Å²) < 4.78 is 5.63. The van der Waals surface area contributed by atoms with E-state index in [1.807, 2.05) is 30.3 Å². The van der Waals surface area contributed by atoms with E-state index in [9.17, 15) is 4.79 Å². The van der Waals surface area contributed by atoms with Crippen LogP contribution in [0.25, 0.3) is 10.9 Å². The number of ether oxygens (including phenoxy) is 1. The van der Waals surface area contributed by atoms with Gasteiger partial charge in [0, 0.05) is 5.39 Å². The zero-order chi connectivity index (χ0) is 14.5. The van der Waals surface area contributed by atoms with Crippen molar-refractivity contribution in [2.45, 2.75) is 18.9 Å². The third kappa shape index (κ3) is 3.77. The molecule has 0 atom stereocenters. The molecular formula is C16H19N3O2. The molecule has 1 saturated heterocycles. The topological polar surface area (TPSA) is 63.2 Å². The summed E-state index contributed by atoms with van der Waals surface area (Å²) in [4.78, 5) is 16.2. The second kappa shape index (κ2) is 6.65. The van der Waals surface area contributed by atoms with E-state index in [2.05, 4.69) is 15.6 Å². The molecule has 5 nitrogen and oxygen atoms in total. The molecule has 0 aliphatic carbocycles. The fraction of sp³-hybridized carbons (Fsp3) is 0.375. The molecule has 0 bridgehead atoms. The molecule has 1 amide bonds. The molecule has 110 valence electrons. The molecule has 0 saturated carbocycles. The lowest BCUT2D eigenvalue weighted by atomic mass is 10.1. The van der Waals surface area contributed by atoms with Crippen LogP contribution in [0.1, 0.15) is 12.8 Å². The second-order valence-corrected chi connectivity index (χ2v) is 5.23. The zero-order valence-electron chi connectivity index (χ0n) is 11.8. The average molecular weight is 285 g/mol. The lowest BCUT2D eigenvalue weighted by Gasteiger charge is -2.22. The summed E-state index contributed by atoms with van der Waals surface area (Å²) in [5.41, 5.74) is 1.62. The summed E-state index contributed by atoms with van der Waals surface area (Å²) in [6.45, 7) is 2.01. The SMILES string of the molecule is O=C(COC1CCNCC1)Nc1cnc2ccccc2c1. The Morgan fingerprint density at radius 3 is 3.00 bits per heavy atom. The van der Waals surface area contributed by atoms with Gasteiger partial charge in [-0.05, 0) is 38.1 Å². The van der Waals surface area contributed by atoms with Crippen molar-refractivity contribution in [1.82, 2.24) is 10.3 Å². The lowest BCUT2D eigenvalue weighted by Crippen LogP contribution is -2.34. The summed E-state index contributed by atoms with van der Waals surface area (Å²) in [5, 5.41) is 7.11. The number of fused-ring (bicyclic) bond motifs is 1. The van der Waals surface area contributed by atoms with Crippen molar-refractivity contribution in [2.24, 2.45) is 0 Å². The van der Waals surface area contributed by atoms with Crippen LogP contribution in [0.5, 0.6) is 0 Å². The van der Waals surface area contributed by atoms with Crippen LogP contribution in [0.3, 0.4) is 0 Å². The molecule has 0 spiro atoms. The van der Waals surface area contributed by atoms with E-state index in [-0.39, 0.29) is 18.6 Å². The van der Waals surface area contributed by atoms with Crippen LogP contribution in [0.2, 0.25) is 0 Å². The number of rotatable bonds is 4. The Balaban J connectivity index is 1.55. The van der Waals surface area contributed by atoms with Crippen LogP contribution < -0.4 is 10.6 Å².